The Balaban J connectivity index is 1.67. The first-order valence-corrected chi connectivity index (χ1v) is 7.01. The third-order valence-corrected chi connectivity index (χ3v) is 2.97. The van der Waals surface area contributed by atoms with Crippen LogP contribution in [0.15, 0.2) is 48.8 Å². The van der Waals surface area contributed by atoms with E-state index in [1.807, 2.05) is 0 Å². The predicted octanol–water partition coefficient (Wildman–Crippen LogP) is 2.29. The molecule has 0 aliphatic carbocycles. The van der Waals surface area contributed by atoms with Gasteiger partial charge in [-0.15, -0.1) is 0 Å². The molecule has 0 radical (unpaired) electrons. The van der Waals surface area contributed by atoms with Gasteiger partial charge < -0.3 is 16.0 Å². The van der Waals surface area contributed by atoms with Crippen molar-refractivity contribution in [3.8, 4) is 0 Å². The van der Waals surface area contributed by atoms with Crippen LogP contribution in [-0.2, 0) is 0 Å². The van der Waals surface area contributed by atoms with Gasteiger partial charge in [-0.05, 0) is 36.4 Å². The Morgan fingerprint density at radius 1 is 1.05 bits per heavy atom. The van der Waals surface area contributed by atoms with Crippen molar-refractivity contribution in [2.24, 2.45) is 0 Å². The van der Waals surface area contributed by atoms with Gasteiger partial charge in [0, 0.05) is 29.9 Å². The largest absolute Gasteiger partial charge is 0.350 e. The first kappa shape index (κ1) is 15.8. The molecule has 0 atom stereocenters. The summed E-state index contributed by atoms with van der Waals surface area (Å²) in [6.45, 7) is 0.632. The molecule has 1 aromatic heterocycles. The van der Waals surface area contributed by atoms with Crippen molar-refractivity contribution in [1.29, 1.82) is 0 Å². The number of aromatic nitrogens is 1. The van der Waals surface area contributed by atoms with Gasteiger partial charge in [-0.3, -0.25) is 9.78 Å². The average molecular weight is 319 g/mol. The summed E-state index contributed by atoms with van der Waals surface area (Å²) in [6, 6.07) is 9.68. The van der Waals surface area contributed by atoms with Crippen molar-refractivity contribution in [2.45, 2.75) is 0 Å². The fourth-order valence-electron chi connectivity index (χ4n) is 1.67. The summed E-state index contributed by atoms with van der Waals surface area (Å²) in [5.41, 5.74) is 1.12. The van der Waals surface area contributed by atoms with E-state index >= 15 is 0 Å². The summed E-state index contributed by atoms with van der Waals surface area (Å²) in [5, 5.41) is 8.54. The highest BCUT2D eigenvalue weighted by Gasteiger charge is 2.05. The van der Waals surface area contributed by atoms with Crippen LogP contribution in [0, 0.1) is 0 Å². The van der Waals surface area contributed by atoms with Crippen LogP contribution >= 0.6 is 11.6 Å². The SMILES string of the molecule is O=C(NCCNC(=O)c1ccc(Cl)cc1)Nc1cccnc1. The highest BCUT2D eigenvalue weighted by molar-refractivity contribution is 6.30. The van der Waals surface area contributed by atoms with Crippen LogP contribution in [0.4, 0.5) is 10.5 Å². The Hall–Kier alpha value is -2.60. The molecule has 1 aromatic carbocycles. The van der Waals surface area contributed by atoms with Gasteiger partial charge in [-0.25, -0.2) is 4.79 Å². The maximum absolute atomic E-state index is 11.8. The lowest BCUT2D eigenvalue weighted by Crippen LogP contribution is -2.36. The standard InChI is InChI=1S/C15H15ClN4O2/c16-12-5-3-11(4-6-12)14(21)18-8-9-19-15(22)20-13-2-1-7-17-10-13/h1-7,10H,8-9H2,(H,18,21)(H2,19,20,22). The van der Waals surface area contributed by atoms with Crippen molar-refractivity contribution in [1.82, 2.24) is 15.6 Å². The number of pyridine rings is 1. The summed E-state index contributed by atoms with van der Waals surface area (Å²) in [5.74, 6) is -0.217. The molecule has 0 aliphatic heterocycles. The minimum absolute atomic E-state index is 0.217. The van der Waals surface area contributed by atoms with Gasteiger partial charge in [0.05, 0.1) is 11.9 Å². The molecular formula is C15H15ClN4O2. The number of halogens is 1. The van der Waals surface area contributed by atoms with E-state index in [1.165, 1.54) is 0 Å². The van der Waals surface area contributed by atoms with Gasteiger partial charge in [-0.2, -0.15) is 0 Å². The number of carbonyl (C=O) groups is 2. The summed E-state index contributed by atoms with van der Waals surface area (Å²) in [7, 11) is 0. The molecule has 22 heavy (non-hydrogen) atoms. The lowest BCUT2D eigenvalue weighted by Gasteiger charge is -2.08. The molecule has 0 fully saturated rings. The number of anilines is 1. The van der Waals surface area contributed by atoms with Gasteiger partial charge >= 0.3 is 6.03 Å². The molecule has 2 aromatic rings. The number of rotatable bonds is 5. The van der Waals surface area contributed by atoms with Gasteiger partial charge in [0.25, 0.3) is 5.91 Å². The number of nitrogens with one attached hydrogen (secondary N) is 3. The number of benzene rings is 1. The summed E-state index contributed by atoms with van der Waals surface area (Å²) < 4.78 is 0. The molecule has 0 saturated carbocycles. The third kappa shape index (κ3) is 5.06. The van der Waals surface area contributed by atoms with E-state index in [9.17, 15) is 9.59 Å². The molecule has 6 nitrogen and oxygen atoms in total. The zero-order chi connectivity index (χ0) is 15.8. The van der Waals surface area contributed by atoms with Crippen molar-refractivity contribution < 1.29 is 9.59 Å². The topological polar surface area (TPSA) is 83.1 Å². The predicted molar refractivity (Wildman–Crippen MR) is 85.0 cm³/mol. The Labute approximate surface area is 132 Å². The fraction of sp³-hybridized carbons (Fsp3) is 0.133. The van der Waals surface area contributed by atoms with Crippen LogP contribution in [0.3, 0.4) is 0 Å². The normalized spacial score (nSPS) is 9.86. The third-order valence-electron chi connectivity index (χ3n) is 2.72. The van der Waals surface area contributed by atoms with E-state index in [4.69, 9.17) is 11.6 Å². The molecule has 3 amide bonds. The second-order valence-electron chi connectivity index (χ2n) is 4.39. The van der Waals surface area contributed by atoms with Crippen LogP contribution in [0.2, 0.25) is 5.02 Å². The Morgan fingerprint density at radius 2 is 1.77 bits per heavy atom. The maximum atomic E-state index is 11.8. The zero-order valence-corrected chi connectivity index (χ0v) is 12.4. The smallest absolute Gasteiger partial charge is 0.319 e. The van der Waals surface area contributed by atoms with Gasteiger partial charge in [0.1, 0.15) is 0 Å². The van der Waals surface area contributed by atoms with Gasteiger partial charge in [0.15, 0.2) is 0 Å². The van der Waals surface area contributed by atoms with Crippen molar-refractivity contribution >= 4 is 29.2 Å². The van der Waals surface area contributed by atoms with Crippen LogP contribution in [-0.4, -0.2) is 30.0 Å². The van der Waals surface area contributed by atoms with E-state index in [1.54, 1.807) is 48.8 Å². The summed E-state index contributed by atoms with van der Waals surface area (Å²) in [4.78, 5) is 27.3. The summed E-state index contributed by atoms with van der Waals surface area (Å²) in [6.07, 6.45) is 3.16. The number of amides is 3. The van der Waals surface area contributed by atoms with Crippen LogP contribution in [0.25, 0.3) is 0 Å². The number of urea groups is 1. The Morgan fingerprint density at radius 3 is 2.45 bits per heavy atom. The average Bonchev–Trinajstić information content (AvgIpc) is 2.53. The molecule has 0 spiro atoms. The monoisotopic (exact) mass is 318 g/mol. The van der Waals surface area contributed by atoms with E-state index in [0.717, 1.165) is 0 Å². The fourth-order valence-corrected chi connectivity index (χ4v) is 1.79. The molecule has 2 rings (SSSR count). The van der Waals surface area contributed by atoms with E-state index < -0.39 is 0 Å². The Kier molecular flexibility index (Phi) is 5.73. The molecule has 7 heteroatoms. The second-order valence-corrected chi connectivity index (χ2v) is 4.82. The number of nitrogens with zero attached hydrogens (tertiary/aromatic N) is 1. The van der Waals surface area contributed by atoms with Gasteiger partial charge in [-0.1, -0.05) is 11.6 Å². The second kappa shape index (κ2) is 7.99. The van der Waals surface area contributed by atoms with Gasteiger partial charge in [0.2, 0.25) is 0 Å². The Bertz CT molecular complexity index is 632. The lowest BCUT2D eigenvalue weighted by molar-refractivity contribution is 0.0954. The number of hydrogen-bond donors (Lipinski definition) is 3. The molecular weight excluding hydrogens is 304 g/mol. The molecule has 0 unspecified atom stereocenters. The van der Waals surface area contributed by atoms with E-state index in [0.29, 0.717) is 29.4 Å². The first-order valence-electron chi connectivity index (χ1n) is 6.64. The maximum Gasteiger partial charge on any atom is 0.319 e. The lowest BCUT2D eigenvalue weighted by atomic mass is 10.2. The molecule has 3 N–H and O–H groups in total. The summed E-state index contributed by atoms with van der Waals surface area (Å²) >= 11 is 5.75. The molecule has 1 heterocycles. The minimum Gasteiger partial charge on any atom is -0.350 e. The number of hydrogen-bond acceptors (Lipinski definition) is 3. The van der Waals surface area contributed by atoms with Crippen LogP contribution in [0.1, 0.15) is 10.4 Å². The first-order chi connectivity index (χ1) is 10.6. The van der Waals surface area contributed by atoms with E-state index in [-0.39, 0.29) is 11.9 Å². The van der Waals surface area contributed by atoms with Crippen molar-refractivity contribution in [2.75, 3.05) is 18.4 Å². The van der Waals surface area contributed by atoms with Crippen LogP contribution in [0.5, 0.6) is 0 Å². The molecule has 0 bridgehead atoms. The van der Waals surface area contributed by atoms with Crippen LogP contribution < -0.4 is 16.0 Å². The molecule has 0 saturated heterocycles. The van der Waals surface area contributed by atoms with E-state index in [2.05, 4.69) is 20.9 Å². The number of carbonyl (C=O) groups excluding carboxylic acids is 2. The molecule has 114 valence electrons. The zero-order valence-electron chi connectivity index (χ0n) is 11.7. The highest BCUT2D eigenvalue weighted by Crippen LogP contribution is 2.09. The minimum atomic E-state index is -0.353. The van der Waals surface area contributed by atoms with Crippen molar-refractivity contribution in [3.63, 3.8) is 0 Å². The van der Waals surface area contributed by atoms with Crippen molar-refractivity contribution in [3.05, 3.63) is 59.4 Å². The quantitative estimate of drug-likeness (QED) is 0.740. The molecule has 0 aliphatic rings. The highest BCUT2D eigenvalue weighted by atomic mass is 35.5.